The van der Waals surface area contributed by atoms with Crippen LogP contribution in [0.15, 0.2) is 60.9 Å². The molecule has 2 aromatic carbocycles. The fourth-order valence-corrected chi connectivity index (χ4v) is 2.11. The molecule has 0 bridgehead atoms. The van der Waals surface area contributed by atoms with Crippen molar-refractivity contribution in [2.75, 3.05) is 0 Å². The first-order chi connectivity index (χ1) is 10.9. The van der Waals surface area contributed by atoms with E-state index in [0.717, 1.165) is 17.3 Å². The topological polar surface area (TPSA) is 27.1 Å². The van der Waals surface area contributed by atoms with Gasteiger partial charge in [0, 0.05) is 0 Å². The van der Waals surface area contributed by atoms with E-state index in [1.54, 1.807) is 4.68 Å². The van der Waals surface area contributed by atoms with E-state index in [-0.39, 0.29) is 11.5 Å². The summed E-state index contributed by atoms with van der Waals surface area (Å²) in [4.78, 5) is 0. The highest BCUT2D eigenvalue weighted by Crippen LogP contribution is 2.37. The fraction of sp³-hybridized carbons (Fsp3) is 0.118. The lowest BCUT2D eigenvalue weighted by Crippen LogP contribution is -2.06. The molecule has 23 heavy (non-hydrogen) atoms. The number of aromatic nitrogens is 2. The van der Waals surface area contributed by atoms with Crippen LogP contribution >= 0.6 is 0 Å². The summed E-state index contributed by atoms with van der Waals surface area (Å²) >= 11 is 0. The molecule has 0 aliphatic rings. The summed E-state index contributed by atoms with van der Waals surface area (Å²) in [7, 11) is 0. The Morgan fingerprint density at radius 3 is 2.39 bits per heavy atom. The number of hydrogen-bond donors (Lipinski definition) is 0. The molecule has 1 aromatic heterocycles. The molecule has 0 atom stereocenters. The zero-order valence-electron chi connectivity index (χ0n) is 12.2. The van der Waals surface area contributed by atoms with Crippen LogP contribution in [-0.2, 0) is 6.18 Å². The molecule has 0 N–H and O–H groups in total. The first-order valence-electron chi connectivity index (χ1n) is 6.89. The van der Waals surface area contributed by atoms with E-state index < -0.39 is 11.7 Å². The number of halogens is 3. The summed E-state index contributed by atoms with van der Waals surface area (Å²) in [6.45, 7) is 1.97. The molecule has 0 spiro atoms. The SMILES string of the molecule is Cc1ccc(-n2cc(Oc3ccccc3C(F)(F)F)cn2)cc1. The monoisotopic (exact) mass is 318 g/mol. The first kappa shape index (κ1) is 15.1. The van der Waals surface area contributed by atoms with Crippen molar-refractivity contribution in [1.29, 1.82) is 0 Å². The van der Waals surface area contributed by atoms with Gasteiger partial charge in [-0.15, -0.1) is 0 Å². The Hall–Kier alpha value is -2.76. The molecule has 6 heteroatoms. The van der Waals surface area contributed by atoms with Crippen molar-refractivity contribution in [2.24, 2.45) is 0 Å². The summed E-state index contributed by atoms with van der Waals surface area (Å²) in [5.41, 5.74) is 1.09. The van der Waals surface area contributed by atoms with Gasteiger partial charge in [-0.3, -0.25) is 0 Å². The van der Waals surface area contributed by atoms with Crippen molar-refractivity contribution in [2.45, 2.75) is 13.1 Å². The van der Waals surface area contributed by atoms with Crippen LogP contribution in [0.2, 0.25) is 0 Å². The van der Waals surface area contributed by atoms with Crippen molar-refractivity contribution in [1.82, 2.24) is 9.78 Å². The van der Waals surface area contributed by atoms with E-state index >= 15 is 0 Å². The number of benzene rings is 2. The van der Waals surface area contributed by atoms with Gasteiger partial charge in [0.25, 0.3) is 0 Å². The van der Waals surface area contributed by atoms with Gasteiger partial charge in [-0.05, 0) is 31.2 Å². The van der Waals surface area contributed by atoms with E-state index in [4.69, 9.17) is 4.74 Å². The summed E-state index contributed by atoms with van der Waals surface area (Å²) in [6.07, 6.45) is -1.55. The second-order valence-corrected chi connectivity index (χ2v) is 5.05. The zero-order chi connectivity index (χ0) is 16.4. The Labute approximate surface area is 130 Å². The smallest absolute Gasteiger partial charge is 0.419 e. The third kappa shape index (κ3) is 3.36. The lowest BCUT2D eigenvalue weighted by Gasteiger charge is -2.12. The van der Waals surface area contributed by atoms with Crippen LogP contribution in [0.3, 0.4) is 0 Å². The van der Waals surface area contributed by atoms with Crippen molar-refractivity contribution in [3.05, 3.63) is 72.1 Å². The maximum atomic E-state index is 13.0. The molecule has 3 aromatic rings. The van der Waals surface area contributed by atoms with Crippen LogP contribution in [0, 0.1) is 6.92 Å². The number of alkyl halides is 3. The number of rotatable bonds is 3. The van der Waals surface area contributed by atoms with Crippen molar-refractivity contribution in [3.63, 3.8) is 0 Å². The van der Waals surface area contributed by atoms with Gasteiger partial charge >= 0.3 is 6.18 Å². The third-order valence-electron chi connectivity index (χ3n) is 3.28. The predicted octanol–water partition coefficient (Wildman–Crippen LogP) is 4.99. The Bertz CT molecular complexity index is 807. The Morgan fingerprint density at radius 2 is 1.70 bits per heavy atom. The minimum absolute atomic E-state index is 0.238. The molecule has 0 unspecified atom stereocenters. The van der Waals surface area contributed by atoms with Crippen LogP contribution in [0.1, 0.15) is 11.1 Å². The highest BCUT2D eigenvalue weighted by Gasteiger charge is 2.34. The molecule has 3 rings (SSSR count). The van der Waals surface area contributed by atoms with E-state index in [9.17, 15) is 13.2 Å². The number of ether oxygens (including phenoxy) is 1. The molecule has 0 saturated carbocycles. The zero-order valence-corrected chi connectivity index (χ0v) is 12.2. The molecular weight excluding hydrogens is 305 g/mol. The van der Waals surface area contributed by atoms with E-state index in [2.05, 4.69) is 5.10 Å². The number of aryl methyl sites for hydroxylation is 1. The van der Waals surface area contributed by atoms with Crippen molar-refractivity contribution in [3.8, 4) is 17.2 Å². The first-order valence-corrected chi connectivity index (χ1v) is 6.89. The summed E-state index contributed by atoms with van der Waals surface area (Å²) in [5.74, 6) is -0.00858. The van der Waals surface area contributed by atoms with Gasteiger partial charge in [-0.1, -0.05) is 29.8 Å². The van der Waals surface area contributed by atoms with Crippen LogP contribution in [0.5, 0.6) is 11.5 Å². The van der Waals surface area contributed by atoms with Crippen LogP contribution < -0.4 is 4.74 Å². The average Bonchev–Trinajstić information content (AvgIpc) is 2.96. The average molecular weight is 318 g/mol. The lowest BCUT2D eigenvalue weighted by molar-refractivity contribution is -0.138. The molecular formula is C17H13F3N2O. The molecule has 0 aliphatic heterocycles. The summed E-state index contributed by atoms with van der Waals surface area (Å²) in [6, 6.07) is 12.7. The maximum Gasteiger partial charge on any atom is 0.419 e. The maximum absolute atomic E-state index is 13.0. The highest BCUT2D eigenvalue weighted by molar-refractivity contribution is 5.40. The lowest BCUT2D eigenvalue weighted by atomic mass is 10.2. The van der Waals surface area contributed by atoms with Gasteiger partial charge in [-0.25, -0.2) is 4.68 Å². The van der Waals surface area contributed by atoms with Gasteiger partial charge < -0.3 is 4.74 Å². The highest BCUT2D eigenvalue weighted by atomic mass is 19.4. The minimum atomic E-state index is -4.47. The van der Waals surface area contributed by atoms with Gasteiger partial charge in [0.1, 0.15) is 5.75 Å². The van der Waals surface area contributed by atoms with E-state index in [0.29, 0.717) is 0 Å². The molecule has 0 aliphatic carbocycles. The summed E-state index contributed by atoms with van der Waals surface area (Å²) < 4.78 is 45.8. The quantitative estimate of drug-likeness (QED) is 0.680. The van der Waals surface area contributed by atoms with Crippen LogP contribution in [0.25, 0.3) is 5.69 Å². The van der Waals surface area contributed by atoms with Gasteiger partial charge in [0.05, 0.1) is 23.6 Å². The normalized spacial score (nSPS) is 11.5. The Balaban J connectivity index is 1.87. The molecule has 3 nitrogen and oxygen atoms in total. The Kier molecular flexibility index (Phi) is 3.82. The molecule has 0 amide bonds. The minimum Gasteiger partial charge on any atom is -0.453 e. The van der Waals surface area contributed by atoms with Gasteiger partial charge in [-0.2, -0.15) is 18.3 Å². The second kappa shape index (κ2) is 5.79. The molecule has 118 valence electrons. The predicted molar refractivity (Wildman–Crippen MR) is 79.8 cm³/mol. The van der Waals surface area contributed by atoms with Gasteiger partial charge in [0.2, 0.25) is 0 Å². The van der Waals surface area contributed by atoms with Crippen LogP contribution in [-0.4, -0.2) is 9.78 Å². The number of para-hydroxylation sites is 1. The van der Waals surface area contributed by atoms with E-state index in [1.807, 2.05) is 31.2 Å². The third-order valence-corrected chi connectivity index (χ3v) is 3.28. The van der Waals surface area contributed by atoms with E-state index in [1.165, 1.54) is 30.6 Å². The Morgan fingerprint density at radius 1 is 1.00 bits per heavy atom. The second-order valence-electron chi connectivity index (χ2n) is 5.05. The number of nitrogens with zero attached hydrogens (tertiary/aromatic N) is 2. The molecule has 0 fully saturated rings. The standard InChI is InChI=1S/C17H13F3N2O/c1-12-6-8-13(9-7-12)22-11-14(10-21-22)23-16-5-3-2-4-15(16)17(18,19)20/h2-11H,1H3. The summed E-state index contributed by atoms with van der Waals surface area (Å²) in [5, 5.41) is 4.11. The van der Waals surface area contributed by atoms with Crippen molar-refractivity contribution < 1.29 is 17.9 Å². The molecule has 0 radical (unpaired) electrons. The molecule has 0 saturated heterocycles. The van der Waals surface area contributed by atoms with Crippen LogP contribution in [0.4, 0.5) is 13.2 Å². The van der Waals surface area contributed by atoms with Gasteiger partial charge in [0.15, 0.2) is 5.75 Å². The fourth-order valence-electron chi connectivity index (χ4n) is 2.11. The number of hydrogen-bond acceptors (Lipinski definition) is 2. The largest absolute Gasteiger partial charge is 0.453 e. The van der Waals surface area contributed by atoms with Crippen molar-refractivity contribution >= 4 is 0 Å². The molecule has 1 heterocycles.